The van der Waals surface area contributed by atoms with E-state index >= 15 is 0 Å². The molecular formula is C14H13F3N2O2. The van der Waals surface area contributed by atoms with Gasteiger partial charge in [-0.05, 0) is 31.5 Å². The van der Waals surface area contributed by atoms with Crippen molar-refractivity contribution in [2.45, 2.75) is 26.6 Å². The van der Waals surface area contributed by atoms with Gasteiger partial charge in [-0.25, -0.2) is 4.79 Å². The van der Waals surface area contributed by atoms with Gasteiger partial charge in [-0.1, -0.05) is 6.07 Å². The highest BCUT2D eigenvalue weighted by molar-refractivity contribution is 5.90. The van der Waals surface area contributed by atoms with Crippen LogP contribution in [-0.4, -0.2) is 20.9 Å². The lowest BCUT2D eigenvalue weighted by Gasteiger charge is -2.12. The Morgan fingerprint density at radius 1 is 1.38 bits per heavy atom. The predicted octanol–water partition coefficient (Wildman–Crippen LogP) is 3.60. The highest BCUT2D eigenvalue weighted by atomic mass is 19.4. The van der Waals surface area contributed by atoms with Crippen LogP contribution in [-0.2, 0) is 12.7 Å². The summed E-state index contributed by atoms with van der Waals surface area (Å²) < 4.78 is 40.6. The first-order valence-corrected chi connectivity index (χ1v) is 6.23. The molecule has 112 valence electrons. The fraction of sp³-hybridized carbons (Fsp3) is 0.286. The molecule has 1 N–H and O–H groups in total. The molecule has 21 heavy (non-hydrogen) atoms. The fourth-order valence-corrected chi connectivity index (χ4v) is 2.10. The molecule has 0 aliphatic rings. The van der Waals surface area contributed by atoms with Gasteiger partial charge < -0.3 is 5.11 Å². The van der Waals surface area contributed by atoms with E-state index in [0.717, 1.165) is 12.1 Å². The summed E-state index contributed by atoms with van der Waals surface area (Å²) in [6, 6.07) is 3.19. The van der Waals surface area contributed by atoms with E-state index in [9.17, 15) is 18.0 Å². The third kappa shape index (κ3) is 2.91. The molecule has 0 amide bonds. The summed E-state index contributed by atoms with van der Waals surface area (Å²) in [7, 11) is 0. The van der Waals surface area contributed by atoms with Crippen molar-refractivity contribution >= 4 is 5.97 Å². The topological polar surface area (TPSA) is 55.1 Å². The van der Waals surface area contributed by atoms with Crippen molar-refractivity contribution in [3.8, 4) is 11.1 Å². The molecule has 0 saturated carbocycles. The number of aromatic nitrogens is 2. The molecule has 0 aliphatic heterocycles. The van der Waals surface area contributed by atoms with Crippen LogP contribution in [0, 0.1) is 6.92 Å². The van der Waals surface area contributed by atoms with E-state index in [1.807, 2.05) is 6.92 Å². The van der Waals surface area contributed by atoms with Crippen molar-refractivity contribution < 1.29 is 23.1 Å². The summed E-state index contributed by atoms with van der Waals surface area (Å²) in [4.78, 5) is 10.9. The monoisotopic (exact) mass is 298 g/mol. The maximum Gasteiger partial charge on any atom is 0.417 e. The van der Waals surface area contributed by atoms with Gasteiger partial charge in [-0.2, -0.15) is 18.3 Å². The standard InChI is InChI=1S/C14H13F3N2O2/c1-3-19-7-11(8(2)18-19)9-4-5-10(13(20)21)12(6-9)14(15,16)17/h4-7H,3H2,1-2H3,(H,20,21). The largest absolute Gasteiger partial charge is 0.478 e. The lowest BCUT2D eigenvalue weighted by Crippen LogP contribution is -2.13. The van der Waals surface area contributed by atoms with Crippen molar-refractivity contribution in [2.75, 3.05) is 0 Å². The molecule has 0 spiro atoms. The normalized spacial score (nSPS) is 11.7. The van der Waals surface area contributed by atoms with Crippen molar-refractivity contribution in [2.24, 2.45) is 0 Å². The van der Waals surface area contributed by atoms with Gasteiger partial charge in [0, 0.05) is 18.3 Å². The number of alkyl halides is 3. The van der Waals surface area contributed by atoms with E-state index in [0.29, 0.717) is 23.4 Å². The summed E-state index contributed by atoms with van der Waals surface area (Å²) >= 11 is 0. The van der Waals surface area contributed by atoms with Gasteiger partial charge in [0.2, 0.25) is 0 Å². The van der Waals surface area contributed by atoms with Crippen LogP contribution in [0.25, 0.3) is 11.1 Å². The van der Waals surface area contributed by atoms with Crippen LogP contribution >= 0.6 is 0 Å². The zero-order valence-electron chi connectivity index (χ0n) is 11.4. The van der Waals surface area contributed by atoms with Gasteiger partial charge >= 0.3 is 12.1 Å². The molecule has 0 atom stereocenters. The van der Waals surface area contributed by atoms with Crippen molar-refractivity contribution in [3.05, 3.63) is 41.2 Å². The van der Waals surface area contributed by atoms with Crippen LogP contribution in [0.1, 0.15) is 28.5 Å². The molecule has 2 rings (SSSR count). The van der Waals surface area contributed by atoms with E-state index in [1.54, 1.807) is 17.8 Å². The number of carbonyl (C=O) groups is 1. The molecule has 1 heterocycles. The first-order valence-electron chi connectivity index (χ1n) is 6.23. The number of benzene rings is 1. The van der Waals surface area contributed by atoms with E-state index in [1.165, 1.54) is 6.07 Å². The second-order valence-corrected chi connectivity index (χ2v) is 4.55. The molecule has 7 heteroatoms. The quantitative estimate of drug-likeness (QED) is 0.942. The zero-order chi connectivity index (χ0) is 15.8. The summed E-state index contributed by atoms with van der Waals surface area (Å²) in [5, 5.41) is 13.0. The maximum absolute atomic E-state index is 13.0. The van der Waals surface area contributed by atoms with Gasteiger partial charge in [-0.3, -0.25) is 4.68 Å². The highest BCUT2D eigenvalue weighted by Gasteiger charge is 2.35. The number of hydrogen-bond acceptors (Lipinski definition) is 2. The number of rotatable bonds is 3. The molecule has 0 unspecified atom stereocenters. The molecule has 0 radical (unpaired) electrons. The summed E-state index contributed by atoms with van der Waals surface area (Å²) in [6.07, 6.45) is -3.08. The minimum Gasteiger partial charge on any atom is -0.478 e. The second kappa shape index (κ2) is 5.23. The van der Waals surface area contributed by atoms with Crippen LogP contribution < -0.4 is 0 Å². The number of halogens is 3. The first-order chi connectivity index (χ1) is 9.74. The lowest BCUT2D eigenvalue weighted by molar-refractivity contribution is -0.138. The number of carboxylic acid groups (broad SMARTS) is 1. The van der Waals surface area contributed by atoms with Crippen LogP contribution in [0.2, 0.25) is 0 Å². The Bertz CT molecular complexity index is 690. The molecule has 1 aromatic heterocycles. The van der Waals surface area contributed by atoms with Gasteiger partial charge in [0.1, 0.15) is 0 Å². The van der Waals surface area contributed by atoms with E-state index in [-0.39, 0.29) is 0 Å². The Morgan fingerprint density at radius 2 is 2.05 bits per heavy atom. The van der Waals surface area contributed by atoms with Gasteiger partial charge in [0.05, 0.1) is 16.8 Å². The first kappa shape index (κ1) is 15.1. The molecular weight excluding hydrogens is 285 g/mol. The lowest BCUT2D eigenvalue weighted by atomic mass is 9.99. The Hall–Kier alpha value is -2.31. The number of aromatic carboxylic acids is 1. The van der Waals surface area contributed by atoms with Gasteiger partial charge in [0.25, 0.3) is 0 Å². The number of nitrogens with zero attached hydrogens (tertiary/aromatic N) is 2. The van der Waals surface area contributed by atoms with Gasteiger partial charge in [-0.15, -0.1) is 0 Å². The molecule has 0 saturated heterocycles. The van der Waals surface area contributed by atoms with Crippen molar-refractivity contribution in [3.63, 3.8) is 0 Å². The van der Waals surface area contributed by atoms with E-state index < -0.39 is 23.3 Å². The SMILES string of the molecule is CCn1cc(-c2ccc(C(=O)O)c(C(F)(F)F)c2)c(C)n1. The van der Waals surface area contributed by atoms with Crippen molar-refractivity contribution in [1.82, 2.24) is 9.78 Å². The molecule has 1 aromatic carbocycles. The van der Waals surface area contributed by atoms with Crippen LogP contribution in [0.4, 0.5) is 13.2 Å². The minimum atomic E-state index is -4.72. The van der Waals surface area contributed by atoms with Crippen LogP contribution in [0.5, 0.6) is 0 Å². The number of aryl methyl sites for hydroxylation is 2. The zero-order valence-corrected chi connectivity index (χ0v) is 11.4. The predicted molar refractivity (Wildman–Crippen MR) is 70.0 cm³/mol. The summed E-state index contributed by atoms with van der Waals surface area (Å²) in [5.74, 6) is -1.60. The Labute approximate surface area is 118 Å². The van der Waals surface area contributed by atoms with Crippen LogP contribution in [0.15, 0.2) is 24.4 Å². The second-order valence-electron chi connectivity index (χ2n) is 4.55. The number of hydrogen-bond donors (Lipinski definition) is 1. The molecule has 0 bridgehead atoms. The summed E-state index contributed by atoms with van der Waals surface area (Å²) in [5.41, 5.74) is -0.472. The fourth-order valence-electron chi connectivity index (χ4n) is 2.10. The van der Waals surface area contributed by atoms with E-state index in [4.69, 9.17) is 5.11 Å². The summed E-state index contributed by atoms with van der Waals surface area (Å²) in [6.45, 7) is 4.16. The van der Waals surface area contributed by atoms with Crippen LogP contribution in [0.3, 0.4) is 0 Å². The average molecular weight is 298 g/mol. The van der Waals surface area contributed by atoms with Crippen molar-refractivity contribution in [1.29, 1.82) is 0 Å². The highest BCUT2D eigenvalue weighted by Crippen LogP contribution is 2.35. The molecule has 4 nitrogen and oxygen atoms in total. The third-order valence-electron chi connectivity index (χ3n) is 3.14. The number of carboxylic acids is 1. The smallest absolute Gasteiger partial charge is 0.417 e. The average Bonchev–Trinajstić information content (AvgIpc) is 2.78. The minimum absolute atomic E-state index is 0.296. The van der Waals surface area contributed by atoms with Gasteiger partial charge in [0.15, 0.2) is 0 Å². The van der Waals surface area contributed by atoms with E-state index in [2.05, 4.69) is 5.10 Å². The molecule has 0 aliphatic carbocycles. The Balaban J connectivity index is 2.61. The Kier molecular flexibility index (Phi) is 3.76. The maximum atomic E-state index is 13.0. The third-order valence-corrected chi connectivity index (χ3v) is 3.14. The molecule has 0 fully saturated rings. The molecule has 2 aromatic rings. The Morgan fingerprint density at radius 3 is 2.52 bits per heavy atom.